The lowest BCUT2D eigenvalue weighted by molar-refractivity contribution is 0.954. The largest absolute Gasteiger partial charge is 0.268 e. The molecule has 0 aliphatic heterocycles. The maximum Gasteiger partial charge on any atom is 0.267 e. The van der Waals surface area contributed by atoms with Gasteiger partial charge in [0.2, 0.25) is 0 Å². The lowest BCUT2D eigenvalue weighted by Gasteiger charge is -2.04. The molecule has 4 heteroatoms. The molecule has 1 N–H and O–H groups in total. The summed E-state index contributed by atoms with van der Waals surface area (Å²) in [4.78, 5) is 15.9. The number of rotatable bonds is 3. The lowest BCUT2D eigenvalue weighted by atomic mass is 10.1. The summed E-state index contributed by atoms with van der Waals surface area (Å²) >= 11 is 0. The standard InChI is InChI=1S/C16H13N3O/c20-16-14(9-12-5-2-1-3-6-12)10-15(18-19-16)13-7-4-8-17-11-13/h1-8,10-11H,9H2,(H,19,20). The molecule has 0 radical (unpaired) electrons. The molecule has 0 bridgehead atoms. The Kier molecular flexibility index (Phi) is 3.37. The zero-order chi connectivity index (χ0) is 13.8. The Bertz CT molecular complexity index is 751. The molecule has 0 saturated heterocycles. The third kappa shape index (κ3) is 2.64. The van der Waals surface area contributed by atoms with Crippen LogP contribution in [0.5, 0.6) is 0 Å². The Morgan fingerprint density at radius 1 is 1.05 bits per heavy atom. The van der Waals surface area contributed by atoms with Gasteiger partial charge in [-0.3, -0.25) is 9.78 Å². The fraction of sp³-hybridized carbons (Fsp3) is 0.0625. The number of pyridine rings is 1. The maximum atomic E-state index is 11.9. The van der Waals surface area contributed by atoms with Crippen LogP contribution in [-0.4, -0.2) is 15.2 Å². The van der Waals surface area contributed by atoms with Gasteiger partial charge in [-0.15, -0.1) is 0 Å². The molecule has 4 nitrogen and oxygen atoms in total. The minimum atomic E-state index is -0.151. The van der Waals surface area contributed by atoms with Crippen molar-refractivity contribution in [1.82, 2.24) is 15.2 Å². The SMILES string of the molecule is O=c1[nH]nc(-c2cccnc2)cc1Cc1ccccc1. The highest BCUT2D eigenvalue weighted by Crippen LogP contribution is 2.15. The second kappa shape index (κ2) is 5.48. The number of nitrogens with one attached hydrogen (secondary N) is 1. The van der Waals surface area contributed by atoms with Crippen LogP contribution in [0.2, 0.25) is 0 Å². The highest BCUT2D eigenvalue weighted by Gasteiger charge is 2.06. The van der Waals surface area contributed by atoms with E-state index in [1.807, 2.05) is 48.5 Å². The molecule has 2 heterocycles. The smallest absolute Gasteiger partial charge is 0.267 e. The highest BCUT2D eigenvalue weighted by molar-refractivity contribution is 5.57. The molecule has 3 aromatic rings. The van der Waals surface area contributed by atoms with Crippen molar-refractivity contribution in [2.75, 3.05) is 0 Å². The molecule has 2 aromatic heterocycles. The fourth-order valence-corrected chi connectivity index (χ4v) is 2.05. The van der Waals surface area contributed by atoms with Gasteiger partial charge in [0.25, 0.3) is 5.56 Å². The van der Waals surface area contributed by atoms with Crippen molar-refractivity contribution in [2.45, 2.75) is 6.42 Å². The summed E-state index contributed by atoms with van der Waals surface area (Å²) in [6.45, 7) is 0. The van der Waals surface area contributed by atoms with Gasteiger partial charge >= 0.3 is 0 Å². The number of hydrogen-bond acceptors (Lipinski definition) is 3. The molecule has 0 fully saturated rings. The van der Waals surface area contributed by atoms with Crippen LogP contribution in [0.4, 0.5) is 0 Å². The number of benzene rings is 1. The van der Waals surface area contributed by atoms with Gasteiger partial charge in [0, 0.05) is 29.9 Å². The van der Waals surface area contributed by atoms with Crippen LogP contribution >= 0.6 is 0 Å². The number of aromatic nitrogens is 3. The van der Waals surface area contributed by atoms with E-state index in [4.69, 9.17) is 0 Å². The predicted molar refractivity (Wildman–Crippen MR) is 77.3 cm³/mol. The quantitative estimate of drug-likeness (QED) is 0.789. The van der Waals surface area contributed by atoms with Crippen LogP contribution in [0.15, 0.2) is 65.7 Å². The lowest BCUT2D eigenvalue weighted by Crippen LogP contribution is -2.15. The third-order valence-corrected chi connectivity index (χ3v) is 3.08. The summed E-state index contributed by atoms with van der Waals surface area (Å²) in [5.41, 5.74) is 3.26. The average molecular weight is 263 g/mol. The molecule has 3 rings (SSSR count). The molecule has 98 valence electrons. The van der Waals surface area contributed by atoms with Gasteiger partial charge in [0.1, 0.15) is 0 Å². The van der Waals surface area contributed by atoms with Crippen molar-refractivity contribution in [1.29, 1.82) is 0 Å². The molecule has 0 unspecified atom stereocenters. The molecule has 0 amide bonds. The summed E-state index contributed by atoms with van der Waals surface area (Å²) < 4.78 is 0. The first-order valence-electron chi connectivity index (χ1n) is 6.36. The Hall–Kier alpha value is -2.75. The molecule has 0 atom stereocenters. The van der Waals surface area contributed by atoms with Crippen molar-refractivity contribution in [3.63, 3.8) is 0 Å². The van der Waals surface area contributed by atoms with E-state index in [0.29, 0.717) is 12.0 Å². The van der Waals surface area contributed by atoms with E-state index in [1.165, 1.54) is 0 Å². The van der Waals surface area contributed by atoms with Crippen molar-refractivity contribution in [2.24, 2.45) is 0 Å². The van der Waals surface area contributed by atoms with Gasteiger partial charge in [0.15, 0.2) is 0 Å². The van der Waals surface area contributed by atoms with E-state index in [1.54, 1.807) is 12.4 Å². The van der Waals surface area contributed by atoms with Gasteiger partial charge in [-0.1, -0.05) is 30.3 Å². The van der Waals surface area contributed by atoms with Crippen LogP contribution in [0, 0.1) is 0 Å². The first-order valence-corrected chi connectivity index (χ1v) is 6.36. The predicted octanol–water partition coefficient (Wildman–Crippen LogP) is 2.42. The summed E-state index contributed by atoms with van der Waals surface area (Å²) in [6.07, 6.45) is 4.03. The Labute approximate surface area is 116 Å². The molecular formula is C16H13N3O. The molecule has 0 aliphatic carbocycles. The van der Waals surface area contributed by atoms with E-state index in [9.17, 15) is 4.79 Å². The maximum absolute atomic E-state index is 11.9. The normalized spacial score (nSPS) is 10.4. The van der Waals surface area contributed by atoms with E-state index in [2.05, 4.69) is 15.2 Å². The molecule has 0 saturated carbocycles. The summed E-state index contributed by atoms with van der Waals surface area (Å²) in [6, 6.07) is 15.5. The van der Waals surface area contributed by atoms with Crippen LogP contribution < -0.4 is 5.56 Å². The van der Waals surface area contributed by atoms with Crippen molar-refractivity contribution in [3.8, 4) is 11.3 Å². The minimum absolute atomic E-state index is 0.151. The molecule has 20 heavy (non-hydrogen) atoms. The molecule has 1 aromatic carbocycles. The fourth-order valence-electron chi connectivity index (χ4n) is 2.05. The van der Waals surface area contributed by atoms with Gasteiger partial charge in [-0.2, -0.15) is 5.10 Å². The average Bonchev–Trinajstić information content (AvgIpc) is 2.51. The Morgan fingerprint density at radius 2 is 1.90 bits per heavy atom. The Morgan fingerprint density at radius 3 is 2.65 bits per heavy atom. The van der Waals surface area contributed by atoms with Crippen LogP contribution in [0.25, 0.3) is 11.3 Å². The van der Waals surface area contributed by atoms with E-state index in [0.717, 1.165) is 16.8 Å². The van der Waals surface area contributed by atoms with Crippen molar-refractivity contribution >= 4 is 0 Å². The van der Waals surface area contributed by atoms with Gasteiger partial charge in [-0.05, 0) is 23.8 Å². The molecule has 0 aliphatic rings. The van der Waals surface area contributed by atoms with E-state index < -0.39 is 0 Å². The summed E-state index contributed by atoms with van der Waals surface area (Å²) in [5.74, 6) is 0. The van der Waals surface area contributed by atoms with Crippen LogP contribution in [0.3, 0.4) is 0 Å². The Balaban J connectivity index is 1.98. The minimum Gasteiger partial charge on any atom is -0.268 e. The van der Waals surface area contributed by atoms with Crippen LogP contribution in [-0.2, 0) is 6.42 Å². The van der Waals surface area contributed by atoms with Crippen molar-refractivity contribution in [3.05, 3.63) is 82.4 Å². The summed E-state index contributed by atoms with van der Waals surface area (Å²) in [5, 5.41) is 6.63. The van der Waals surface area contributed by atoms with E-state index >= 15 is 0 Å². The van der Waals surface area contributed by atoms with Gasteiger partial charge < -0.3 is 0 Å². The highest BCUT2D eigenvalue weighted by atomic mass is 16.1. The number of hydrogen-bond donors (Lipinski definition) is 1. The topological polar surface area (TPSA) is 58.6 Å². The number of aromatic amines is 1. The molecular weight excluding hydrogens is 250 g/mol. The van der Waals surface area contributed by atoms with Crippen LogP contribution in [0.1, 0.15) is 11.1 Å². The van der Waals surface area contributed by atoms with Crippen molar-refractivity contribution < 1.29 is 0 Å². The first-order chi connectivity index (χ1) is 9.83. The summed E-state index contributed by atoms with van der Waals surface area (Å²) in [7, 11) is 0. The first kappa shape index (κ1) is 12.3. The number of nitrogens with zero attached hydrogens (tertiary/aromatic N) is 2. The zero-order valence-electron chi connectivity index (χ0n) is 10.8. The third-order valence-electron chi connectivity index (χ3n) is 3.08. The number of H-pyrrole nitrogens is 1. The second-order valence-corrected chi connectivity index (χ2v) is 4.51. The van der Waals surface area contributed by atoms with Gasteiger partial charge in [-0.25, -0.2) is 5.10 Å². The second-order valence-electron chi connectivity index (χ2n) is 4.51. The zero-order valence-corrected chi connectivity index (χ0v) is 10.8. The monoisotopic (exact) mass is 263 g/mol. The van der Waals surface area contributed by atoms with Gasteiger partial charge in [0.05, 0.1) is 5.69 Å². The van der Waals surface area contributed by atoms with E-state index in [-0.39, 0.29) is 5.56 Å². The molecule has 0 spiro atoms.